The van der Waals surface area contributed by atoms with Crippen molar-refractivity contribution in [1.82, 2.24) is 19.7 Å². The molecule has 0 radical (unpaired) electrons. The Morgan fingerprint density at radius 3 is 2.52 bits per heavy atom. The SMILES string of the molecule is CCc1ccc(-c2nc(CSc3nnc(N4CCOCC4)n3Cc3ccccc3)cs2)cc1. The van der Waals surface area contributed by atoms with Crippen molar-refractivity contribution in [3.8, 4) is 10.6 Å². The summed E-state index contributed by atoms with van der Waals surface area (Å²) in [7, 11) is 0. The second kappa shape index (κ2) is 10.5. The molecule has 1 saturated heterocycles. The average Bonchev–Trinajstić information content (AvgIpc) is 3.51. The van der Waals surface area contributed by atoms with Crippen LogP contribution in [-0.4, -0.2) is 46.1 Å². The number of morpholine rings is 1. The Labute approximate surface area is 202 Å². The largest absolute Gasteiger partial charge is 0.378 e. The van der Waals surface area contributed by atoms with Gasteiger partial charge in [-0.3, -0.25) is 4.57 Å². The lowest BCUT2D eigenvalue weighted by Gasteiger charge is -2.28. The summed E-state index contributed by atoms with van der Waals surface area (Å²) in [5.41, 5.74) is 4.83. The highest BCUT2D eigenvalue weighted by Crippen LogP contribution is 2.30. The first-order valence-electron chi connectivity index (χ1n) is 11.3. The van der Waals surface area contributed by atoms with Crippen molar-refractivity contribution in [1.29, 1.82) is 0 Å². The van der Waals surface area contributed by atoms with Crippen LogP contribution < -0.4 is 4.90 Å². The molecule has 8 heteroatoms. The van der Waals surface area contributed by atoms with Crippen LogP contribution in [0, 0.1) is 0 Å². The van der Waals surface area contributed by atoms with E-state index in [0.717, 1.165) is 66.8 Å². The first kappa shape index (κ1) is 22.1. The molecule has 0 atom stereocenters. The van der Waals surface area contributed by atoms with Crippen LogP contribution in [0.1, 0.15) is 23.7 Å². The molecule has 2 aromatic heterocycles. The molecule has 170 valence electrons. The van der Waals surface area contributed by atoms with E-state index in [1.54, 1.807) is 23.1 Å². The topological polar surface area (TPSA) is 56.1 Å². The third-order valence-electron chi connectivity index (χ3n) is 5.68. The Morgan fingerprint density at radius 2 is 1.76 bits per heavy atom. The lowest BCUT2D eigenvalue weighted by atomic mass is 10.1. The third-order valence-corrected chi connectivity index (χ3v) is 7.63. The van der Waals surface area contributed by atoms with Gasteiger partial charge in [-0.1, -0.05) is 73.3 Å². The van der Waals surface area contributed by atoms with Gasteiger partial charge in [0.25, 0.3) is 0 Å². The molecule has 6 nitrogen and oxygen atoms in total. The van der Waals surface area contributed by atoms with Gasteiger partial charge in [-0.15, -0.1) is 21.5 Å². The van der Waals surface area contributed by atoms with Crippen molar-refractivity contribution in [3.05, 3.63) is 76.8 Å². The summed E-state index contributed by atoms with van der Waals surface area (Å²) in [6, 6.07) is 19.2. The Kier molecular flexibility index (Phi) is 7.04. The van der Waals surface area contributed by atoms with Crippen LogP contribution in [-0.2, 0) is 23.5 Å². The van der Waals surface area contributed by atoms with Crippen LogP contribution in [0.15, 0.2) is 65.1 Å². The molecular weight excluding hydrogens is 450 g/mol. The second-order valence-corrected chi connectivity index (χ2v) is 9.74. The monoisotopic (exact) mass is 477 g/mol. The van der Waals surface area contributed by atoms with E-state index in [9.17, 15) is 0 Å². The van der Waals surface area contributed by atoms with Gasteiger partial charge in [0, 0.05) is 29.8 Å². The van der Waals surface area contributed by atoms with Crippen molar-refractivity contribution >= 4 is 29.0 Å². The van der Waals surface area contributed by atoms with Gasteiger partial charge < -0.3 is 9.64 Å². The third kappa shape index (κ3) is 5.29. The van der Waals surface area contributed by atoms with Gasteiger partial charge in [-0.05, 0) is 17.5 Å². The normalized spacial score (nSPS) is 14.0. The minimum Gasteiger partial charge on any atom is -0.378 e. The molecule has 0 unspecified atom stereocenters. The summed E-state index contributed by atoms with van der Waals surface area (Å²) in [4.78, 5) is 7.14. The van der Waals surface area contributed by atoms with Gasteiger partial charge in [0.05, 0.1) is 25.5 Å². The van der Waals surface area contributed by atoms with Crippen molar-refractivity contribution in [3.63, 3.8) is 0 Å². The first-order valence-corrected chi connectivity index (χ1v) is 13.1. The molecule has 33 heavy (non-hydrogen) atoms. The number of hydrogen-bond donors (Lipinski definition) is 0. The molecule has 1 aliphatic heterocycles. The Balaban J connectivity index is 1.33. The fourth-order valence-corrected chi connectivity index (χ4v) is 5.57. The predicted molar refractivity (Wildman–Crippen MR) is 135 cm³/mol. The molecule has 3 heterocycles. The van der Waals surface area contributed by atoms with Gasteiger partial charge in [-0.2, -0.15) is 0 Å². The molecule has 0 bridgehead atoms. The first-order chi connectivity index (χ1) is 16.3. The van der Waals surface area contributed by atoms with Gasteiger partial charge >= 0.3 is 0 Å². The molecule has 5 rings (SSSR count). The highest BCUT2D eigenvalue weighted by atomic mass is 32.2. The van der Waals surface area contributed by atoms with E-state index in [0.29, 0.717) is 0 Å². The Hall–Kier alpha value is -2.68. The highest BCUT2D eigenvalue weighted by molar-refractivity contribution is 7.98. The van der Waals surface area contributed by atoms with Crippen LogP contribution in [0.2, 0.25) is 0 Å². The molecule has 0 amide bonds. The number of anilines is 1. The Morgan fingerprint density at radius 1 is 0.970 bits per heavy atom. The second-order valence-electron chi connectivity index (χ2n) is 7.94. The summed E-state index contributed by atoms with van der Waals surface area (Å²) in [5, 5.41) is 13.2. The molecule has 0 saturated carbocycles. The summed E-state index contributed by atoms with van der Waals surface area (Å²) >= 11 is 3.39. The molecule has 0 aliphatic carbocycles. The summed E-state index contributed by atoms with van der Waals surface area (Å²) in [6.45, 7) is 6.04. The highest BCUT2D eigenvalue weighted by Gasteiger charge is 2.21. The maximum atomic E-state index is 5.53. The standard InChI is InChI=1S/C25H27N5OS2/c1-2-19-8-10-21(11-9-19)23-26-22(17-32-23)18-33-25-28-27-24(29-12-14-31-15-13-29)30(25)16-20-6-4-3-5-7-20/h3-11,17H,2,12-16,18H2,1H3. The van der Waals surface area contributed by atoms with Gasteiger partial charge in [0.1, 0.15) is 5.01 Å². The van der Waals surface area contributed by atoms with E-state index in [-0.39, 0.29) is 0 Å². The number of ether oxygens (including phenoxy) is 1. The maximum absolute atomic E-state index is 5.53. The number of thiazole rings is 1. The zero-order valence-electron chi connectivity index (χ0n) is 18.7. The zero-order valence-corrected chi connectivity index (χ0v) is 20.3. The number of thioether (sulfide) groups is 1. The lowest BCUT2D eigenvalue weighted by Crippen LogP contribution is -2.38. The zero-order chi connectivity index (χ0) is 22.5. The van der Waals surface area contributed by atoms with E-state index in [4.69, 9.17) is 9.72 Å². The smallest absolute Gasteiger partial charge is 0.228 e. The summed E-state index contributed by atoms with van der Waals surface area (Å²) in [6.07, 6.45) is 1.05. The van der Waals surface area contributed by atoms with Gasteiger partial charge in [-0.25, -0.2) is 4.98 Å². The minimum atomic E-state index is 0.724. The Bertz CT molecular complexity index is 1170. The molecule has 4 aromatic rings. The molecule has 2 aromatic carbocycles. The average molecular weight is 478 g/mol. The van der Waals surface area contributed by atoms with Crippen LogP contribution in [0.5, 0.6) is 0 Å². The molecular formula is C25H27N5OS2. The lowest BCUT2D eigenvalue weighted by molar-refractivity contribution is 0.121. The van der Waals surface area contributed by atoms with E-state index in [1.807, 2.05) is 6.07 Å². The summed E-state index contributed by atoms with van der Waals surface area (Å²) in [5.74, 6) is 1.68. The van der Waals surface area contributed by atoms with Gasteiger partial charge in [0.2, 0.25) is 5.95 Å². The van der Waals surface area contributed by atoms with Crippen LogP contribution in [0.4, 0.5) is 5.95 Å². The molecule has 1 aliphatic rings. The van der Waals surface area contributed by atoms with E-state index in [2.05, 4.69) is 80.5 Å². The number of aryl methyl sites for hydroxylation is 1. The van der Waals surface area contributed by atoms with Crippen molar-refractivity contribution in [2.75, 3.05) is 31.2 Å². The fraction of sp³-hybridized carbons (Fsp3) is 0.320. The van der Waals surface area contributed by atoms with E-state index in [1.165, 1.54) is 16.7 Å². The van der Waals surface area contributed by atoms with Gasteiger partial charge in [0.15, 0.2) is 5.16 Å². The van der Waals surface area contributed by atoms with Crippen molar-refractivity contribution in [2.45, 2.75) is 30.8 Å². The number of hydrogen-bond acceptors (Lipinski definition) is 7. The summed E-state index contributed by atoms with van der Waals surface area (Å²) < 4.78 is 7.76. The molecule has 1 fully saturated rings. The van der Waals surface area contributed by atoms with Crippen molar-refractivity contribution < 1.29 is 4.74 Å². The van der Waals surface area contributed by atoms with Crippen LogP contribution in [0.3, 0.4) is 0 Å². The quantitative estimate of drug-likeness (QED) is 0.328. The van der Waals surface area contributed by atoms with Crippen molar-refractivity contribution in [2.24, 2.45) is 0 Å². The van der Waals surface area contributed by atoms with Crippen LogP contribution >= 0.6 is 23.1 Å². The minimum absolute atomic E-state index is 0.724. The van der Waals surface area contributed by atoms with Crippen LogP contribution in [0.25, 0.3) is 10.6 Å². The molecule has 0 spiro atoms. The maximum Gasteiger partial charge on any atom is 0.228 e. The number of nitrogens with zero attached hydrogens (tertiary/aromatic N) is 5. The van der Waals surface area contributed by atoms with E-state index >= 15 is 0 Å². The fourth-order valence-electron chi connectivity index (χ4n) is 3.82. The number of benzene rings is 2. The molecule has 0 N–H and O–H groups in total. The number of aromatic nitrogens is 4. The predicted octanol–water partition coefficient (Wildman–Crippen LogP) is 5.14. The van der Waals surface area contributed by atoms with E-state index < -0.39 is 0 Å². The number of rotatable bonds is 8.